The lowest BCUT2D eigenvalue weighted by atomic mass is 9.93. The summed E-state index contributed by atoms with van der Waals surface area (Å²) in [5.74, 6) is 1.01. The fourth-order valence-corrected chi connectivity index (χ4v) is 5.80. The molecule has 0 aliphatic rings. The van der Waals surface area contributed by atoms with E-state index >= 15 is 0 Å². The van der Waals surface area contributed by atoms with E-state index in [-0.39, 0.29) is 0 Å². The normalized spacial score (nSPS) is 11.0. The van der Waals surface area contributed by atoms with Gasteiger partial charge in [0.15, 0.2) is 0 Å². The Labute approximate surface area is 264 Å². The highest BCUT2D eigenvalue weighted by Gasteiger charge is 2.10. The number of ether oxygens (including phenoxy) is 1. The van der Waals surface area contributed by atoms with E-state index in [1.807, 2.05) is 0 Å². The highest BCUT2D eigenvalue weighted by atomic mass is 35.5. The molecule has 0 spiro atoms. The molecule has 0 heterocycles. The van der Waals surface area contributed by atoms with Gasteiger partial charge in [0.1, 0.15) is 0 Å². The maximum absolute atomic E-state index is 6.11. The lowest BCUT2D eigenvalue weighted by Gasteiger charge is -2.12. The standard InChI is InChI=1S/C40H32Cl2O/c41-25-31-7-5-9-35(23-31)39-13-3-1-11-37(39)33-19-15-29(16-20-33)27-43-28-30-17-21-34(22-18-30)38-12-2-4-14-40(38)36-10-6-8-32(24-36)26-42/h1-24H,25-28H2. The first-order chi connectivity index (χ1) is 21.2. The highest BCUT2D eigenvalue weighted by Crippen LogP contribution is 2.34. The Hall–Kier alpha value is -4.14. The summed E-state index contributed by atoms with van der Waals surface area (Å²) < 4.78 is 6.11. The monoisotopic (exact) mass is 598 g/mol. The predicted octanol–water partition coefficient (Wildman–Crippen LogP) is 11.5. The van der Waals surface area contributed by atoms with Crippen LogP contribution in [0.25, 0.3) is 44.5 Å². The minimum Gasteiger partial charge on any atom is -0.372 e. The Bertz CT molecular complexity index is 1670. The van der Waals surface area contributed by atoms with Crippen molar-refractivity contribution in [1.29, 1.82) is 0 Å². The van der Waals surface area contributed by atoms with Crippen LogP contribution in [-0.2, 0) is 29.7 Å². The fourth-order valence-electron chi connectivity index (χ4n) is 5.46. The molecule has 0 N–H and O–H groups in total. The van der Waals surface area contributed by atoms with Crippen molar-refractivity contribution in [1.82, 2.24) is 0 Å². The van der Waals surface area contributed by atoms with E-state index in [4.69, 9.17) is 27.9 Å². The molecule has 0 bridgehead atoms. The topological polar surface area (TPSA) is 9.23 Å². The predicted molar refractivity (Wildman–Crippen MR) is 182 cm³/mol. The molecule has 0 atom stereocenters. The van der Waals surface area contributed by atoms with Crippen LogP contribution >= 0.6 is 23.2 Å². The van der Waals surface area contributed by atoms with Crippen LogP contribution in [0.3, 0.4) is 0 Å². The van der Waals surface area contributed by atoms with Crippen LogP contribution in [0.4, 0.5) is 0 Å². The second-order valence-corrected chi connectivity index (χ2v) is 11.2. The minimum atomic E-state index is 0.507. The van der Waals surface area contributed by atoms with E-state index < -0.39 is 0 Å². The Morgan fingerprint density at radius 3 is 1.09 bits per heavy atom. The molecule has 212 valence electrons. The van der Waals surface area contributed by atoms with Crippen LogP contribution in [-0.4, -0.2) is 0 Å². The number of alkyl halides is 2. The molecular formula is C40H32Cl2O. The molecule has 0 aliphatic heterocycles. The molecule has 6 aromatic rings. The second-order valence-electron chi connectivity index (χ2n) is 10.6. The average molecular weight is 600 g/mol. The first kappa shape index (κ1) is 29.0. The summed E-state index contributed by atoms with van der Waals surface area (Å²) in [5.41, 5.74) is 14.1. The lowest BCUT2D eigenvalue weighted by molar-refractivity contribution is 0.107. The molecule has 0 unspecified atom stereocenters. The van der Waals surface area contributed by atoms with Crippen LogP contribution in [0.15, 0.2) is 146 Å². The lowest BCUT2D eigenvalue weighted by Crippen LogP contribution is -1.95. The van der Waals surface area contributed by atoms with Gasteiger partial charge in [-0.2, -0.15) is 0 Å². The molecule has 0 radical (unpaired) electrons. The van der Waals surface area contributed by atoms with Gasteiger partial charge >= 0.3 is 0 Å². The molecule has 0 saturated heterocycles. The number of hydrogen-bond acceptors (Lipinski definition) is 1. The van der Waals surface area contributed by atoms with Crippen LogP contribution in [0.2, 0.25) is 0 Å². The van der Waals surface area contributed by atoms with E-state index in [0.29, 0.717) is 25.0 Å². The van der Waals surface area contributed by atoms with Crippen molar-refractivity contribution in [2.75, 3.05) is 0 Å². The highest BCUT2D eigenvalue weighted by molar-refractivity contribution is 6.17. The number of benzene rings is 6. The quantitative estimate of drug-likeness (QED) is 0.142. The molecule has 0 aromatic heterocycles. The van der Waals surface area contributed by atoms with Gasteiger partial charge in [-0.3, -0.25) is 0 Å². The smallest absolute Gasteiger partial charge is 0.0721 e. The molecule has 6 aromatic carbocycles. The second kappa shape index (κ2) is 13.9. The third kappa shape index (κ3) is 6.92. The van der Waals surface area contributed by atoms with Crippen molar-refractivity contribution in [2.45, 2.75) is 25.0 Å². The molecule has 6 rings (SSSR count). The fraction of sp³-hybridized carbons (Fsp3) is 0.100. The Balaban J connectivity index is 1.11. The van der Waals surface area contributed by atoms with Crippen molar-refractivity contribution < 1.29 is 4.74 Å². The number of rotatable bonds is 10. The molecular weight excluding hydrogens is 567 g/mol. The van der Waals surface area contributed by atoms with Gasteiger partial charge in [-0.05, 0) is 78.9 Å². The zero-order valence-corrected chi connectivity index (χ0v) is 25.4. The zero-order valence-electron chi connectivity index (χ0n) is 23.8. The third-order valence-electron chi connectivity index (χ3n) is 7.71. The van der Waals surface area contributed by atoms with Gasteiger partial charge in [-0.25, -0.2) is 0 Å². The summed E-state index contributed by atoms with van der Waals surface area (Å²) in [6, 6.07) is 51.2. The van der Waals surface area contributed by atoms with Crippen LogP contribution in [0, 0.1) is 0 Å². The van der Waals surface area contributed by atoms with E-state index in [9.17, 15) is 0 Å². The van der Waals surface area contributed by atoms with Crippen molar-refractivity contribution in [2.24, 2.45) is 0 Å². The van der Waals surface area contributed by atoms with E-state index in [2.05, 4.69) is 146 Å². The Kier molecular flexibility index (Phi) is 9.35. The Morgan fingerprint density at radius 1 is 0.349 bits per heavy atom. The minimum absolute atomic E-state index is 0.507. The maximum atomic E-state index is 6.11. The maximum Gasteiger partial charge on any atom is 0.0721 e. The molecule has 0 fully saturated rings. The van der Waals surface area contributed by atoms with Gasteiger partial charge in [0.2, 0.25) is 0 Å². The summed E-state index contributed by atoms with van der Waals surface area (Å²) in [7, 11) is 0. The molecule has 0 saturated carbocycles. The van der Waals surface area contributed by atoms with Crippen LogP contribution in [0.5, 0.6) is 0 Å². The first-order valence-electron chi connectivity index (χ1n) is 14.5. The largest absolute Gasteiger partial charge is 0.372 e. The van der Waals surface area contributed by atoms with E-state index in [1.54, 1.807) is 0 Å². The summed E-state index contributed by atoms with van der Waals surface area (Å²) in [5, 5.41) is 0. The first-order valence-corrected chi connectivity index (χ1v) is 15.5. The Morgan fingerprint density at radius 2 is 0.721 bits per heavy atom. The average Bonchev–Trinajstić information content (AvgIpc) is 3.09. The van der Waals surface area contributed by atoms with Crippen molar-refractivity contribution in [3.05, 3.63) is 168 Å². The van der Waals surface area contributed by atoms with Gasteiger partial charge < -0.3 is 4.74 Å². The molecule has 0 amide bonds. The van der Waals surface area contributed by atoms with Gasteiger partial charge in [-0.15, -0.1) is 23.2 Å². The molecule has 3 heteroatoms. The van der Waals surface area contributed by atoms with Crippen molar-refractivity contribution >= 4 is 23.2 Å². The number of hydrogen-bond donors (Lipinski definition) is 0. The van der Waals surface area contributed by atoms with E-state index in [1.165, 1.54) is 44.5 Å². The number of halogens is 2. The van der Waals surface area contributed by atoms with Crippen molar-refractivity contribution in [3.8, 4) is 44.5 Å². The third-order valence-corrected chi connectivity index (χ3v) is 8.32. The summed E-state index contributed by atoms with van der Waals surface area (Å²) in [6.45, 7) is 1.11. The SMILES string of the molecule is ClCc1cccc(-c2ccccc2-c2ccc(COCc3ccc(-c4ccccc4-c4cccc(CCl)c4)cc3)cc2)c1. The molecule has 1 nitrogen and oxygen atoms in total. The zero-order chi connectivity index (χ0) is 29.4. The summed E-state index contributed by atoms with van der Waals surface area (Å²) >= 11 is 12.2. The molecule has 43 heavy (non-hydrogen) atoms. The van der Waals surface area contributed by atoms with Gasteiger partial charge in [-0.1, -0.05) is 133 Å². The van der Waals surface area contributed by atoms with Crippen LogP contribution < -0.4 is 0 Å². The van der Waals surface area contributed by atoms with Gasteiger partial charge in [0.25, 0.3) is 0 Å². The van der Waals surface area contributed by atoms with Crippen LogP contribution in [0.1, 0.15) is 22.3 Å². The van der Waals surface area contributed by atoms with E-state index in [0.717, 1.165) is 22.3 Å². The van der Waals surface area contributed by atoms with Gasteiger partial charge in [0, 0.05) is 11.8 Å². The summed E-state index contributed by atoms with van der Waals surface area (Å²) in [6.07, 6.45) is 0. The van der Waals surface area contributed by atoms with Crippen molar-refractivity contribution in [3.63, 3.8) is 0 Å². The van der Waals surface area contributed by atoms with Gasteiger partial charge in [0.05, 0.1) is 13.2 Å². The summed E-state index contributed by atoms with van der Waals surface area (Å²) in [4.78, 5) is 0. The molecule has 0 aliphatic carbocycles.